The van der Waals surface area contributed by atoms with Crippen LogP contribution >= 0.6 is 0 Å². The number of piperidine rings is 1. The van der Waals surface area contributed by atoms with Crippen LogP contribution in [-0.4, -0.2) is 81.1 Å². The number of nitrogens with one attached hydrogen (secondary N) is 1. The van der Waals surface area contributed by atoms with Gasteiger partial charge in [0.05, 0.1) is 12.8 Å². The molecule has 1 saturated heterocycles. The van der Waals surface area contributed by atoms with Gasteiger partial charge in [-0.25, -0.2) is 22.8 Å². The number of halogens is 6. The molecule has 1 amide bonds. The number of hydrogen-bond donors (Lipinski definition) is 2. The number of alkyl halides is 5. The molecule has 1 aliphatic rings. The lowest BCUT2D eigenvalue weighted by molar-refractivity contribution is -0.192. The summed E-state index contributed by atoms with van der Waals surface area (Å²) in [6, 6.07) is 11.2. The summed E-state index contributed by atoms with van der Waals surface area (Å²) in [6.45, 7) is 4.79. The van der Waals surface area contributed by atoms with Crippen LogP contribution in [0.2, 0.25) is 0 Å². The highest BCUT2D eigenvalue weighted by molar-refractivity contribution is 5.76. The number of nitrogens with zero attached hydrogens (tertiary/aromatic N) is 4. The molecule has 4 rings (SSSR count). The summed E-state index contributed by atoms with van der Waals surface area (Å²) in [7, 11) is 1.34. The van der Waals surface area contributed by atoms with Crippen LogP contribution < -0.4 is 15.7 Å². The van der Waals surface area contributed by atoms with Crippen molar-refractivity contribution in [1.29, 1.82) is 0 Å². The summed E-state index contributed by atoms with van der Waals surface area (Å²) in [6.07, 6.45) is -4.63. The summed E-state index contributed by atoms with van der Waals surface area (Å²) in [4.78, 5) is 36.8. The quantitative estimate of drug-likeness (QED) is 0.334. The Morgan fingerprint density at radius 2 is 1.69 bits per heavy atom. The standard InChI is InChI=1S/C27H32F3N5O3.C2HF3O2/c1-18(2)31-24(36)17-34-25(20-6-9-22(28)23(16-20)38-3)32-35(26(34)37)21-7-4-19(5-8-21)10-13-33-14-11-27(29,30)12-15-33;3-2(4,5)1(6)7/h4-9,16,18H,10-15,17H2,1-3H3,(H,31,36);(H,6,7). The number of aliphatic carboxylic acids is 1. The summed E-state index contributed by atoms with van der Waals surface area (Å²) in [5.74, 6) is -6.06. The van der Waals surface area contributed by atoms with Gasteiger partial charge in [0.2, 0.25) is 5.91 Å². The van der Waals surface area contributed by atoms with Crippen molar-refractivity contribution in [3.05, 3.63) is 64.3 Å². The highest BCUT2D eigenvalue weighted by Gasteiger charge is 2.38. The molecule has 3 aromatic rings. The van der Waals surface area contributed by atoms with Gasteiger partial charge < -0.3 is 20.1 Å². The second-order valence-corrected chi connectivity index (χ2v) is 10.6. The zero-order chi connectivity index (χ0) is 33.5. The van der Waals surface area contributed by atoms with Crippen molar-refractivity contribution in [2.24, 2.45) is 0 Å². The van der Waals surface area contributed by atoms with E-state index in [4.69, 9.17) is 14.6 Å². The average molecular weight is 646 g/mol. The molecule has 0 unspecified atom stereocenters. The number of aromatic nitrogens is 3. The molecular formula is C29H33F6N5O5. The Kier molecular flexibility index (Phi) is 11.4. The maximum atomic E-state index is 14.0. The second kappa shape index (κ2) is 14.6. The van der Waals surface area contributed by atoms with Crippen LogP contribution in [0.1, 0.15) is 32.3 Å². The molecule has 0 radical (unpaired) electrons. The van der Waals surface area contributed by atoms with Crippen LogP contribution in [0.3, 0.4) is 0 Å². The van der Waals surface area contributed by atoms with E-state index in [2.05, 4.69) is 10.4 Å². The lowest BCUT2D eigenvalue weighted by atomic mass is 10.1. The average Bonchev–Trinajstić information content (AvgIpc) is 3.27. The summed E-state index contributed by atoms with van der Waals surface area (Å²) >= 11 is 0. The fourth-order valence-electron chi connectivity index (χ4n) is 4.43. The van der Waals surface area contributed by atoms with Crippen molar-refractivity contribution in [3.63, 3.8) is 0 Å². The van der Waals surface area contributed by atoms with Crippen molar-refractivity contribution in [2.75, 3.05) is 26.7 Å². The van der Waals surface area contributed by atoms with E-state index in [1.54, 1.807) is 12.1 Å². The number of amides is 1. The van der Waals surface area contributed by atoms with Crippen LogP contribution in [0, 0.1) is 5.82 Å². The molecule has 0 saturated carbocycles. The molecule has 2 heterocycles. The maximum absolute atomic E-state index is 14.0. The number of hydrogen-bond acceptors (Lipinski definition) is 6. The van der Waals surface area contributed by atoms with Crippen LogP contribution in [0.15, 0.2) is 47.3 Å². The number of carboxylic acid groups (broad SMARTS) is 1. The fraction of sp³-hybridized carbons (Fsp3) is 0.448. The van der Waals surface area contributed by atoms with Gasteiger partial charge in [-0.15, -0.1) is 5.10 Å². The number of likely N-dealkylation sites (tertiary alicyclic amines) is 1. The number of carbonyl (C=O) groups is 2. The van der Waals surface area contributed by atoms with E-state index in [1.165, 1.54) is 34.6 Å². The summed E-state index contributed by atoms with van der Waals surface area (Å²) in [5, 5.41) is 14.4. The number of rotatable bonds is 9. The molecule has 2 N–H and O–H groups in total. The Hall–Kier alpha value is -4.34. The van der Waals surface area contributed by atoms with Gasteiger partial charge >= 0.3 is 17.8 Å². The first kappa shape index (κ1) is 35.1. The normalized spacial score (nSPS) is 14.9. The van der Waals surface area contributed by atoms with Crippen molar-refractivity contribution in [2.45, 2.75) is 57.8 Å². The van der Waals surface area contributed by atoms with Crippen LogP contribution in [0.25, 0.3) is 17.1 Å². The van der Waals surface area contributed by atoms with E-state index in [9.17, 15) is 35.9 Å². The number of methoxy groups -OCH3 is 1. The van der Waals surface area contributed by atoms with E-state index in [-0.39, 0.29) is 42.9 Å². The van der Waals surface area contributed by atoms with Crippen molar-refractivity contribution in [1.82, 2.24) is 24.6 Å². The number of carbonyl (C=O) groups excluding carboxylic acids is 1. The van der Waals surface area contributed by atoms with E-state index in [0.717, 1.165) is 5.56 Å². The van der Waals surface area contributed by atoms with E-state index < -0.39 is 29.6 Å². The van der Waals surface area contributed by atoms with Crippen molar-refractivity contribution >= 4 is 11.9 Å². The first-order valence-electron chi connectivity index (χ1n) is 13.8. The molecule has 10 nitrogen and oxygen atoms in total. The maximum Gasteiger partial charge on any atom is 0.490 e. The molecule has 16 heteroatoms. The zero-order valence-corrected chi connectivity index (χ0v) is 24.7. The predicted octanol–water partition coefficient (Wildman–Crippen LogP) is 4.28. The highest BCUT2D eigenvalue weighted by Crippen LogP contribution is 2.28. The Bertz CT molecular complexity index is 1530. The van der Waals surface area contributed by atoms with Gasteiger partial charge in [0.25, 0.3) is 5.92 Å². The first-order chi connectivity index (χ1) is 21.0. The van der Waals surface area contributed by atoms with E-state index >= 15 is 0 Å². The molecule has 0 spiro atoms. The lowest BCUT2D eigenvalue weighted by Crippen LogP contribution is -2.40. The summed E-state index contributed by atoms with van der Waals surface area (Å²) < 4.78 is 80.1. The molecule has 2 aromatic carbocycles. The second-order valence-electron chi connectivity index (χ2n) is 10.6. The van der Waals surface area contributed by atoms with E-state index in [1.807, 2.05) is 30.9 Å². The Morgan fingerprint density at radius 1 is 1.09 bits per heavy atom. The Labute approximate surface area is 254 Å². The van der Waals surface area contributed by atoms with Gasteiger partial charge in [-0.1, -0.05) is 12.1 Å². The Morgan fingerprint density at radius 3 is 2.22 bits per heavy atom. The van der Waals surface area contributed by atoms with Gasteiger partial charge in [0.1, 0.15) is 6.54 Å². The molecule has 0 aliphatic carbocycles. The molecule has 45 heavy (non-hydrogen) atoms. The molecule has 0 bridgehead atoms. The van der Waals surface area contributed by atoms with Gasteiger partial charge in [-0.3, -0.25) is 9.36 Å². The monoisotopic (exact) mass is 645 g/mol. The number of carboxylic acids is 1. The SMILES string of the molecule is COc1cc(-c2nn(-c3ccc(CCN4CCC(F)(F)CC4)cc3)c(=O)n2CC(=O)NC(C)C)ccc1F.O=C(O)C(F)(F)F. The molecule has 0 atom stereocenters. The van der Waals surface area contributed by atoms with Gasteiger partial charge in [0.15, 0.2) is 17.4 Å². The largest absolute Gasteiger partial charge is 0.494 e. The first-order valence-corrected chi connectivity index (χ1v) is 13.8. The predicted molar refractivity (Wildman–Crippen MR) is 151 cm³/mol. The van der Waals surface area contributed by atoms with Gasteiger partial charge in [0, 0.05) is 44.1 Å². The summed E-state index contributed by atoms with van der Waals surface area (Å²) in [5.41, 5.74) is 1.39. The zero-order valence-electron chi connectivity index (χ0n) is 24.7. The number of ether oxygens (including phenoxy) is 1. The fourth-order valence-corrected chi connectivity index (χ4v) is 4.43. The third-order valence-corrected chi connectivity index (χ3v) is 6.75. The van der Waals surface area contributed by atoms with E-state index in [0.29, 0.717) is 37.3 Å². The van der Waals surface area contributed by atoms with Crippen LogP contribution in [-0.2, 0) is 22.6 Å². The number of benzene rings is 2. The molecule has 1 aliphatic heterocycles. The minimum absolute atomic E-state index is 0.00976. The third kappa shape index (κ3) is 9.83. The third-order valence-electron chi connectivity index (χ3n) is 6.75. The van der Waals surface area contributed by atoms with Crippen LogP contribution in [0.5, 0.6) is 5.75 Å². The topological polar surface area (TPSA) is 119 Å². The van der Waals surface area contributed by atoms with Crippen molar-refractivity contribution < 1.29 is 45.8 Å². The smallest absolute Gasteiger partial charge is 0.490 e. The highest BCUT2D eigenvalue weighted by atomic mass is 19.4. The molecule has 1 fully saturated rings. The van der Waals surface area contributed by atoms with Gasteiger partial charge in [-0.05, 0) is 56.2 Å². The van der Waals surface area contributed by atoms with Crippen LogP contribution in [0.4, 0.5) is 26.3 Å². The van der Waals surface area contributed by atoms with Gasteiger partial charge in [-0.2, -0.15) is 17.9 Å². The lowest BCUT2D eigenvalue weighted by Gasteiger charge is -2.31. The Balaban J connectivity index is 0.000000707. The molecule has 1 aromatic heterocycles. The van der Waals surface area contributed by atoms with Crippen molar-refractivity contribution in [3.8, 4) is 22.8 Å². The minimum atomic E-state index is -5.08. The minimum Gasteiger partial charge on any atom is -0.494 e. The molecule has 246 valence electrons. The molecular weight excluding hydrogens is 612 g/mol.